The van der Waals surface area contributed by atoms with Crippen molar-refractivity contribution in [2.45, 2.75) is 24.7 Å². The first-order valence-electron chi connectivity index (χ1n) is 7.53. The van der Waals surface area contributed by atoms with E-state index in [1.807, 2.05) is 18.2 Å². The molecule has 0 spiro atoms. The van der Waals surface area contributed by atoms with Gasteiger partial charge in [-0.25, -0.2) is 9.78 Å². The zero-order chi connectivity index (χ0) is 16.6. The molecule has 0 unspecified atom stereocenters. The molecule has 0 fully saturated rings. The maximum atomic E-state index is 12.2. The van der Waals surface area contributed by atoms with Gasteiger partial charge < -0.3 is 4.57 Å². The molecule has 0 saturated heterocycles. The number of fused-ring (bicyclic) bond motifs is 2. The molecular formula is C16H18N4O2S. The number of thioether (sulfide) groups is 1. The second-order valence-electron chi connectivity index (χ2n) is 5.45. The van der Waals surface area contributed by atoms with Gasteiger partial charge in [0.25, 0.3) is 5.56 Å². The second kappa shape index (κ2) is 6.16. The van der Waals surface area contributed by atoms with Gasteiger partial charge in [0.15, 0.2) is 11.5 Å². The Morgan fingerprint density at radius 1 is 1.13 bits per heavy atom. The molecule has 0 aromatic heterocycles. The van der Waals surface area contributed by atoms with Gasteiger partial charge >= 0.3 is 5.69 Å². The number of aromatic nitrogens is 4. The topological polar surface area (TPSA) is 69.8 Å². The number of aryl methyl sites for hydroxylation is 1. The van der Waals surface area contributed by atoms with E-state index in [2.05, 4.69) is 16.9 Å². The van der Waals surface area contributed by atoms with Gasteiger partial charge in [-0.15, -0.1) is 11.8 Å². The SMILES string of the molecule is CCCCSc1ccc2nc3c(=O)n(C)c(=O)nc-3n(C)c2c1. The lowest BCUT2D eigenvalue weighted by Crippen LogP contribution is -2.36. The first-order chi connectivity index (χ1) is 11.0. The van der Waals surface area contributed by atoms with Crippen LogP contribution in [-0.2, 0) is 14.1 Å². The van der Waals surface area contributed by atoms with Gasteiger partial charge in [-0.3, -0.25) is 9.36 Å². The van der Waals surface area contributed by atoms with E-state index in [4.69, 9.17) is 0 Å². The van der Waals surface area contributed by atoms with E-state index in [1.165, 1.54) is 19.9 Å². The summed E-state index contributed by atoms with van der Waals surface area (Å²) in [5.74, 6) is 1.39. The fourth-order valence-corrected chi connectivity index (χ4v) is 3.44. The zero-order valence-electron chi connectivity index (χ0n) is 13.4. The monoisotopic (exact) mass is 330 g/mol. The van der Waals surface area contributed by atoms with Crippen LogP contribution in [0.2, 0.25) is 0 Å². The standard InChI is InChI=1S/C16H18N4O2S/c1-4-5-8-23-10-6-7-11-12(9-10)19(2)14-13(17-11)15(21)20(3)16(22)18-14/h6-7,9H,4-5,8H2,1-3H3. The third-order valence-electron chi connectivity index (χ3n) is 3.83. The number of hydrogen-bond donors (Lipinski definition) is 0. The van der Waals surface area contributed by atoms with Crippen LogP contribution < -0.4 is 11.2 Å². The minimum absolute atomic E-state index is 0.216. The molecule has 1 aromatic carbocycles. The van der Waals surface area contributed by atoms with Gasteiger partial charge in [0, 0.05) is 19.0 Å². The van der Waals surface area contributed by atoms with Crippen LogP contribution in [0.15, 0.2) is 32.7 Å². The van der Waals surface area contributed by atoms with E-state index in [0.717, 1.165) is 26.2 Å². The fraction of sp³-hybridized carbons (Fsp3) is 0.375. The zero-order valence-corrected chi connectivity index (χ0v) is 14.2. The minimum Gasteiger partial charge on any atom is -0.325 e. The molecule has 0 atom stereocenters. The first kappa shape index (κ1) is 15.7. The quantitative estimate of drug-likeness (QED) is 0.416. The highest BCUT2D eigenvalue weighted by Crippen LogP contribution is 2.26. The highest BCUT2D eigenvalue weighted by Gasteiger charge is 2.18. The Labute approximate surface area is 137 Å². The first-order valence-corrected chi connectivity index (χ1v) is 8.52. The molecule has 0 saturated carbocycles. The summed E-state index contributed by atoms with van der Waals surface area (Å²) < 4.78 is 2.75. The van der Waals surface area contributed by atoms with E-state index < -0.39 is 11.2 Å². The Morgan fingerprint density at radius 3 is 2.65 bits per heavy atom. The van der Waals surface area contributed by atoms with E-state index in [9.17, 15) is 9.59 Å². The highest BCUT2D eigenvalue weighted by molar-refractivity contribution is 7.99. The van der Waals surface area contributed by atoms with Crippen molar-refractivity contribution in [1.82, 2.24) is 19.1 Å². The van der Waals surface area contributed by atoms with Crippen LogP contribution in [0.4, 0.5) is 0 Å². The van der Waals surface area contributed by atoms with Gasteiger partial charge in [0.2, 0.25) is 0 Å². The molecule has 0 aliphatic carbocycles. The maximum absolute atomic E-state index is 12.2. The number of unbranched alkanes of at least 4 members (excludes halogenated alkanes) is 1. The molecule has 2 aliphatic rings. The van der Waals surface area contributed by atoms with E-state index in [1.54, 1.807) is 23.4 Å². The average molecular weight is 330 g/mol. The molecular weight excluding hydrogens is 312 g/mol. The Kier molecular flexibility index (Phi) is 4.21. The van der Waals surface area contributed by atoms with E-state index in [0.29, 0.717) is 5.82 Å². The smallest absolute Gasteiger partial charge is 0.325 e. The molecule has 6 nitrogen and oxygen atoms in total. The lowest BCUT2D eigenvalue weighted by molar-refractivity contribution is 0.748. The van der Waals surface area contributed by atoms with Gasteiger partial charge in [0.1, 0.15) is 0 Å². The van der Waals surface area contributed by atoms with Crippen molar-refractivity contribution >= 4 is 22.8 Å². The fourth-order valence-electron chi connectivity index (χ4n) is 2.42. The van der Waals surface area contributed by atoms with Gasteiger partial charge in [0.05, 0.1) is 11.0 Å². The molecule has 2 aliphatic heterocycles. The molecule has 7 heteroatoms. The summed E-state index contributed by atoms with van der Waals surface area (Å²) in [6, 6.07) is 5.96. The molecule has 3 rings (SSSR count). The summed E-state index contributed by atoms with van der Waals surface area (Å²) in [6.45, 7) is 2.17. The Morgan fingerprint density at radius 2 is 1.91 bits per heavy atom. The molecule has 0 amide bonds. The lowest BCUT2D eigenvalue weighted by Gasteiger charge is -2.14. The van der Waals surface area contributed by atoms with Crippen LogP contribution >= 0.6 is 11.8 Å². The number of hydrogen-bond acceptors (Lipinski definition) is 5. The minimum atomic E-state index is -0.562. The van der Waals surface area contributed by atoms with Gasteiger partial charge in [-0.2, -0.15) is 4.98 Å². The Hall–Kier alpha value is -2.15. The second-order valence-corrected chi connectivity index (χ2v) is 6.62. The van der Waals surface area contributed by atoms with Gasteiger partial charge in [-0.1, -0.05) is 13.3 Å². The third kappa shape index (κ3) is 2.76. The summed E-state index contributed by atoms with van der Waals surface area (Å²) in [7, 11) is 3.22. The summed E-state index contributed by atoms with van der Waals surface area (Å²) in [6.07, 6.45) is 2.34. The summed E-state index contributed by atoms with van der Waals surface area (Å²) in [5, 5.41) is 0. The average Bonchev–Trinajstić information content (AvgIpc) is 2.55. The van der Waals surface area contributed by atoms with Crippen molar-refractivity contribution in [3.05, 3.63) is 39.0 Å². The predicted octanol–water partition coefficient (Wildman–Crippen LogP) is 2.02. The van der Waals surface area contributed by atoms with E-state index >= 15 is 0 Å². The van der Waals surface area contributed by atoms with Crippen molar-refractivity contribution in [1.29, 1.82) is 0 Å². The van der Waals surface area contributed by atoms with Gasteiger partial charge in [-0.05, 0) is 30.4 Å². The highest BCUT2D eigenvalue weighted by atomic mass is 32.2. The number of rotatable bonds is 4. The van der Waals surface area contributed by atoms with Crippen molar-refractivity contribution in [3.8, 4) is 11.5 Å². The van der Waals surface area contributed by atoms with Crippen LogP contribution in [0.5, 0.6) is 0 Å². The van der Waals surface area contributed by atoms with Crippen molar-refractivity contribution in [3.63, 3.8) is 0 Å². The molecule has 1 aromatic rings. The van der Waals surface area contributed by atoms with Crippen LogP contribution in [0.25, 0.3) is 22.6 Å². The number of nitrogens with zero attached hydrogens (tertiary/aromatic N) is 4. The maximum Gasteiger partial charge on any atom is 0.352 e. The van der Waals surface area contributed by atoms with Crippen LogP contribution in [0.3, 0.4) is 0 Å². The molecule has 23 heavy (non-hydrogen) atoms. The van der Waals surface area contributed by atoms with Crippen molar-refractivity contribution in [2.75, 3.05) is 5.75 Å². The molecule has 0 N–H and O–H groups in total. The lowest BCUT2D eigenvalue weighted by atomic mass is 10.2. The van der Waals surface area contributed by atoms with E-state index in [-0.39, 0.29) is 5.69 Å². The number of benzene rings is 1. The van der Waals surface area contributed by atoms with Crippen LogP contribution in [0.1, 0.15) is 19.8 Å². The van der Waals surface area contributed by atoms with Crippen molar-refractivity contribution < 1.29 is 0 Å². The molecule has 0 radical (unpaired) electrons. The summed E-state index contributed by atoms with van der Waals surface area (Å²) in [4.78, 5) is 33.6. The van der Waals surface area contributed by atoms with Crippen LogP contribution in [0, 0.1) is 0 Å². The summed E-state index contributed by atoms with van der Waals surface area (Å²) in [5.41, 5.74) is 0.816. The Balaban J connectivity index is 2.21. The Bertz CT molecular complexity index is 961. The normalized spacial score (nSPS) is 11.4. The predicted molar refractivity (Wildman–Crippen MR) is 92.3 cm³/mol. The molecule has 2 heterocycles. The third-order valence-corrected chi connectivity index (χ3v) is 4.91. The largest absolute Gasteiger partial charge is 0.352 e. The van der Waals surface area contributed by atoms with Crippen LogP contribution in [-0.4, -0.2) is 24.9 Å². The molecule has 120 valence electrons. The summed E-state index contributed by atoms with van der Waals surface area (Å²) >= 11 is 1.79. The molecule has 0 bridgehead atoms. The van der Waals surface area contributed by atoms with Crippen molar-refractivity contribution in [2.24, 2.45) is 14.1 Å².